The molecule has 0 aromatic carbocycles. The largest absolute Gasteiger partial charge is 0.478 e. The van der Waals surface area contributed by atoms with Crippen LogP contribution in [0.1, 0.15) is 6.92 Å². The number of aliphatic carboxylic acids is 1. The third-order valence-corrected chi connectivity index (χ3v) is 0.997. The van der Waals surface area contributed by atoms with Crippen molar-refractivity contribution in [2.75, 3.05) is 14.1 Å². The van der Waals surface area contributed by atoms with E-state index in [2.05, 4.69) is 0 Å². The second kappa shape index (κ2) is 3.75. The molecule has 0 aliphatic carbocycles. The van der Waals surface area contributed by atoms with Crippen LogP contribution < -0.4 is 0 Å². The molecule has 4 heteroatoms. The smallest absolute Gasteiger partial charge is 0.340 e. The molecule has 0 atom stereocenters. The number of nitrogens with zero attached hydrogens (tertiary/aromatic N) is 1. The summed E-state index contributed by atoms with van der Waals surface area (Å²) < 4.78 is 0. The molecule has 0 radical (unpaired) electrons. The Bertz CT molecular complexity index is 190. The third-order valence-electron chi connectivity index (χ3n) is 0.997. The molecule has 0 aliphatic heterocycles. The molecule has 0 fully saturated rings. The number of carboxylic acid groups (broad SMARTS) is 1. The van der Waals surface area contributed by atoms with Gasteiger partial charge in [0.05, 0.1) is 0 Å². The van der Waals surface area contributed by atoms with Crippen molar-refractivity contribution in [3.05, 3.63) is 11.8 Å². The summed E-state index contributed by atoms with van der Waals surface area (Å²) in [6.07, 6.45) is 1.28. The molecule has 62 valence electrons. The zero-order valence-electron chi connectivity index (χ0n) is 6.79. The quantitative estimate of drug-likeness (QED) is 0.359. The van der Waals surface area contributed by atoms with E-state index in [0.29, 0.717) is 0 Å². The summed E-state index contributed by atoms with van der Waals surface area (Å²) >= 11 is 0. The van der Waals surface area contributed by atoms with Crippen molar-refractivity contribution >= 4 is 11.8 Å². The van der Waals surface area contributed by atoms with E-state index in [0.717, 1.165) is 0 Å². The third kappa shape index (κ3) is 3.40. The van der Waals surface area contributed by atoms with Gasteiger partial charge in [0, 0.05) is 20.3 Å². The molecule has 0 aliphatic rings. The molecule has 0 bridgehead atoms. The van der Waals surface area contributed by atoms with Gasteiger partial charge in [-0.2, -0.15) is 0 Å². The molecule has 1 N–H and O–H groups in total. The maximum atomic E-state index is 10.6. The summed E-state index contributed by atoms with van der Waals surface area (Å²) in [5.74, 6) is -1.63. The van der Waals surface area contributed by atoms with Crippen molar-refractivity contribution in [3.63, 3.8) is 0 Å². The Morgan fingerprint density at radius 3 is 1.91 bits per heavy atom. The van der Waals surface area contributed by atoms with Crippen molar-refractivity contribution in [2.24, 2.45) is 0 Å². The van der Waals surface area contributed by atoms with Crippen LogP contribution in [0.2, 0.25) is 0 Å². The molecule has 0 amide bonds. The number of rotatable bonds is 3. The van der Waals surface area contributed by atoms with Crippen molar-refractivity contribution in [1.29, 1.82) is 0 Å². The molecule has 0 aromatic rings. The van der Waals surface area contributed by atoms with Gasteiger partial charge in [-0.25, -0.2) is 4.79 Å². The maximum absolute atomic E-state index is 10.6. The Labute approximate surface area is 65.1 Å². The van der Waals surface area contributed by atoms with Crippen LogP contribution in [0.15, 0.2) is 11.8 Å². The number of carbonyl (C=O) groups excluding carboxylic acids is 1. The van der Waals surface area contributed by atoms with Crippen LogP contribution in [0.3, 0.4) is 0 Å². The monoisotopic (exact) mass is 157 g/mol. The van der Waals surface area contributed by atoms with Gasteiger partial charge in [0.2, 0.25) is 0 Å². The van der Waals surface area contributed by atoms with Crippen LogP contribution in [0.4, 0.5) is 0 Å². The number of carboxylic acids is 1. The van der Waals surface area contributed by atoms with E-state index in [-0.39, 0.29) is 5.57 Å². The second-order valence-electron chi connectivity index (χ2n) is 2.37. The van der Waals surface area contributed by atoms with E-state index in [1.165, 1.54) is 18.0 Å². The van der Waals surface area contributed by atoms with E-state index in [4.69, 9.17) is 5.11 Å². The Morgan fingerprint density at radius 2 is 1.82 bits per heavy atom. The molecule has 4 nitrogen and oxygen atoms in total. The van der Waals surface area contributed by atoms with Gasteiger partial charge >= 0.3 is 5.97 Å². The van der Waals surface area contributed by atoms with Crippen LogP contribution in [-0.2, 0) is 9.59 Å². The van der Waals surface area contributed by atoms with Crippen LogP contribution in [-0.4, -0.2) is 35.9 Å². The van der Waals surface area contributed by atoms with Gasteiger partial charge in [0.1, 0.15) is 5.57 Å². The van der Waals surface area contributed by atoms with Gasteiger partial charge in [0.25, 0.3) is 0 Å². The van der Waals surface area contributed by atoms with Crippen molar-refractivity contribution in [1.82, 2.24) is 4.90 Å². The molecular weight excluding hydrogens is 146 g/mol. The normalized spacial score (nSPS) is 11.0. The van der Waals surface area contributed by atoms with E-state index < -0.39 is 11.8 Å². The first kappa shape index (κ1) is 9.68. The first-order chi connectivity index (χ1) is 4.95. The standard InChI is InChI=1S/C7H11NO3/c1-5(9)6(7(10)11)4-8(2)3/h4H,1-3H3,(H,10,11). The SMILES string of the molecule is CC(=O)C(=CN(C)C)C(=O)O. The zero-order valence-corrected chi connectivity index (χ0v) is 6.79. The van der Waals surface area contributed by atoms with Crippen molar-refractivity contribution in [3.8, 4) is 0 Å². The maximum Gasteiger partial charge on any atom is 0.340 e. The number of ketones is 1. The van der Waals surface area contributed by atoms with Crippen LogP contribution >= 0.6 is 0 Å². The first-order valence-corrected chi connectivity index (χ1v) is 3.07. The van der Waals surface area contributed by atoms with Gasteiger partial charge in [-0.15, -0.1) is 0 Å². The molecule has 0 unspecified atom stereocenters. The minimum atomic E-state index is -1.19. The molecule has 11 heavy (non-hydrogen) atoms. The Hall–Kier alpha value is -1.32. The lowest BCUT2D eigenvalue weighted by molar-refractivity contribution is -0.134. The predicted octanol–water partition coefficient (Wildman–Crippen LogP) is 0.106. The Balaban J connectivity index is 4.60. The molecule has 0 saturated carbocycles. The average molecular weight is 157 g/mol. The van der Waals surface area contributed by atoms with Crippen LogP contribution in [0, 0.1) is 0 Å². The number of Topliss-reactive ketones (excluding diaryl/α,β-unsaturated/α-hetero) is 1. The number of carbonyl (C=O) groups is 2. The molecule has 0 heterocycles. The van der Waals surface area contributed by atoms with Gasteiger partial charge < -0.3 is 10.0 Å². The van der Waals surface area contributed by atoms with Crippen molar-refractivity contribution < 1.29 is 14.7 Å². The van der Waals surface area contributed by atoms with Crippen LogP contribution in [0.25, 0.3) is 0 Å². The van der Waals surface area contributed by atoms with E-state index in [9.17, 15) is 9.59 Å². The summed E-state index contributed by atoms with van der Waals surface area (Å²) in [5, 5.41) is 8.48. The Kier molecular flexibility index (Phi) is 3.30. The van der Waals surface area contributed by atoms with Gasteiger partial charge in [-0.05, 0) is 6.92 Å². The first-order valence-electron chi connectivity index (χ1n) is 3.07. The van der Waals surface area contributed by atoms with Gasteiger partial charge in [-0.3, -0.25) is 4.79 Å². The summed E-state index contributed by atoms with van der Waals surface area (Å²) in [4.78, 5) is 22.5. The van der Waals surface area contributed by atoms with E-state index in [1.54, 1.807) is 14.1 Å². The summed E-state index contributed by atoms with van der Waals surface area (Å²) in [5.41, 5.74) is -0.199. The van der Waals surface area contributed by atoms with Gasteiger partial charge in [0.15, 0.2) is 5.78 Å². The second-order valence-corrected chi connectivity index (χ2v) is 2.37. The fourth-order valence-electron chi connectivity index (χ4n) is 0.555. The number of hydrogen-bond donors (Lipinski definition) is 1. The summed E-state index contributed by atoms with van der Waals surface area (Å²) in [6, 6.07) is 0. The lowest BCUT2D eigenvalue weighted by Gasteiger charge is -2.05. The van der Waals surface area contributed by atoms with E-state index >= 15 is 0 Å². The lowest BCUT2D eigenvalue weighted by atomic mass is 10.2. The fraction of sp³-hybridized carbons (Fsp3) is 0.429. The highest BCUT2D eigenvalue weighted by Gasteiger charge is 2.12. The topological polar surface area (TPSA) is 57.6 Å². The minimum Gasteiger partial charge on any atom is -0.478 e. The molecule has 0 saturated heterocycles. The number of hydrogen-bond acceptors (Lipinski definition) is 3. The Morgan fingerprint density at radius 1 is 1.36 bits per heavy atom. The van der Waals surface area contributed by atoms with E-state index in [1.807, 2.05) is 0 Å². The molecular formula is C7H11NO3. The zero-order chi connectivity index (χ0) is 9.02. The average Bonchev–Trinajstić information content (AvgIpc) is 1.81. The highest BCUT2D eigenvalue weighted by molar-refractivity contribution is 6.15. The molecule has 0 aromatic heterocycles. The molecule has 0 rings (SSSR count). The lowest BCUT2D eigenvalue weighted by Crippen LogP contribution is -2.13. The van der Waals surface area contributed by atoms with Crippen molar-refractivity contribution in [2.45, 2.75) is 6.92 Å². The predicted molar refractivity (Wildman–Crippen MR) is 40.1 cm³/mol. The minimum absolute atomic E-state index is 0.199. The fourth-order valence-corrected chi connectivity index (χ4v) is 0.555. The molecule has 0 spiro atoms. The van der Waals surface area contributed by atoms with Crippen LogP contribution in [0.5, 0.6) is 0 Å². The van der Waals surface area contributed by atoms with Gasteiger partial charge in [-0.1, -0.05) is 0 Å². The summed E-state index contributed by atoms with van der Waals surface area (Å²) in [7, 11) is 3.32. The highest BCUT2D eigenvalue weighted by Crippen LogP contribution is 1.96. The summed E-state index contributed by atoms with van der Waals surface area (Å²) in [6.45, 7) is 1.23. The highest BCUT2D eigenvalue weighted by atomic mass is 16.4.